The van der Waals surface area contributed by atoms with Crippen LogP contribution in [0.5, 0.6) is 5.75 Å². The van der Waals surface area contributed by atoms with Gasteiger partial charge < -0.3 is 9.84 Å². The summed E-state index contributed by atoms with van der Waals surface area (Å²) in [5.41, 5.74) is 1.23. The van der Waals surface area contributed by atoms with Crippen molar-refractivity contribution < 1.29 is 14.2 Å². The fraction of sp³-hybridized carbons (Fsp3) is 0.200. The molecule has 1 unspecified atom stereocenters. The average Bonchev–Trinajstić information content (AvgIpc) is 2.41. The number of hydrogen-bond acceptors (Lipinski definition) is 2. The smallest absolute Gasteiger partial charge is 0.132 e. The topological polar surface area (TPSA) is 29.5 Å². The first-order valence-corrected chi connectivity index (χ1v) is 6.65. The number of benzene rings is 2. The van der Waals surface area contributed by atoms with E-state index in [1.807, 2.05) is 24.3 Å². The quantitative estimate of drug-likeness (QED) is 0.925. The third-order valence-corrected chi connectivity index (χ3v) is 3.44. The Kier molecular flexibility index (Phi) is 4.56. The van der Waals surface area contributed by atoms with Gasteiger partial charge >= 0.3 is 0 Å². The van der Waals surface area contributed by atoms with Crippen molar-refractivity contribution in [2.24, 2.45) is 0 Å². The molecule has 1 N–H and O–H groups in total. The molecule has 0 spiro atoms. The predicted octanol–water partition coefficient (Wildman–Crippen LogP) is 3.87. The molecule has 0 fully saturated rings. The molecule has 0 heterocycles. The SMILES string of the molecule is COc1ccc(C(O)Cc2ccc(Br)cc2)c(F)c1. The monoisotopic (exact) mass is 324 g/mol. The van der Waals surface area contributed by atoms with Crippen molar-refractivity contribution in [3.05, 3.63) is 63.9 Å². The number of ether oxygens (including phenoxy) is 1. The summed E-state index contributed by atoms with van der Waals surface area (Å²) in [6.45, 7) is 0. The van der Waals surface area contributed by atoms with E-state index in [2.05, 4.69) is 15.9 Å². The molecule has 0 aliphatic heterocycles. The molecule has 0 amide bonds. The lowest BCUT2D eigenvalue weighted by molar-refractivity contribution is 0.173. The van der Waals surface area contributed by atoms with Crippen LogP contribution in [0.3, 0.4) is 0 Å². The van der Waals surface area contributed by atoms with E-state index in [1.54, 1.807) is 12.1 Å². The molecule has 0 aliphatic carbocycles. The molecule has 0 aliphatic rings. The van der Waals surface area contributed by atoms with E-state index in [9.17, 15) is 9.50 Å². The Morgan fingerprint density at radius 2 is 1.89 bits per heavy atom. The summed E-state index contributed by atoms with van der Waals surface area (Å²) in [6, 6.07) is 12.1. The Morgan fingerprint density at radius 3 is 2.47 bits per heavy atom. The van der Waals surface area contributed by atoms with Gasteiger partial charge in [0.2, 0.25) is 0 Å². The number of aliphatic hydroxyl groups is 1. The maximum atomic E-state index is 13.8. The fourth-order valence-electron chi connectivity index (χ4n) is 1.86. The van der Waals surface area contributed by atoms with Crippen LogP contribution in [-0.2, 0) is 6.42 Å². The van der Waals surface area contributed by atoms with E-state index in [0.29, 0.717) is 12.2 Å². The van der Waals surface area contributed by atoms with Crippen LogP contribution < -0.4 is 4.74 Å². The van der Waals surface area contributed by atoms with Gasteiger partial charge in [-0.15, -0.1) is 0 Å². The third-order valence-electron chi connectivity index (χ3n) is 2.91. The molecule has 2 aromatic carbocycles. The molecule has 19 heavy (non-hydrogen) atoms. The lowest BCUT2D eigenvalue weighted by Crippen LogP contribution is -2.04. The van der Waals surface area contributed by atoms with E-state index < -0.39 is 11.9 Å². The van der Waals surface area contributed by atoms with Crippen molar-refractivity contribution in [3.8, 4) is 5.75 Å². The van der Waals surface area contributed by atoms with Gasteiger partial charge in [0.15, 0.2) is 0 Å². The van der Waals surface area contributed by atoms with E-state index >= 15 is 0 Å². The first kappa shape index (κ1) is 14.0. The van der Waals surface area contributed by atoms with Gasteiger partial charge in [-0.05, 0) is 29.8 Å². The summed E-state index contributed by atoms with van der Waals surface area (Å²) in [4.78, 5) is 0. The van der Waals surface area contributed by atoms with Gasteiger partial charge in [-0.2, -0.15) is 0 Å². The Morgan fingerprint density at radius 1 is 1.21 bits per heavy atom. The van der Waals surface area contributed by atoms with Crippen LogP contribution in [0.2, 0.25) is 0 Å². The molecule has 0 aromatic heterocycles. The molecule has 0 saturated carbocycles. The summed E-state index contributed by atoms with van der Waals surface area (Å²) in [7, 11) is 1.48. The summed E-state index contributed by atoms with van der Waals surface area (Å²) < 4.78 is 19.7. The van der Waals surface area contributed by atoms with Crippen molar-refractivity contribution >= 4 is 15.9 Å². The first-order valence-electron chi connectivity index (χ1n) is 5.86. The van der Waals surface area contributed by atoms with Gasteiger partial charge in [-0.1, -0.05) is 28.1 Å². The van der Waals surface area contributed by atoms with Crippen LogP contribution in [-0.4, -0.2) is 12.2 Å². The molecule has 0 saturated heterocycles. The van der Waals surface area contributed by atoms with Gasteiger partial charge in [-0.3, -0.25) is 0 Å². The molecule has 2 aromatic rings. The largest absolute Gasteiger partial charge is 0.497 e. The molecule has 1 atom stereocenters. The van der Waals surface area contributed by atoms with E-state index in [0.717, 1.165) is 10.0 Å². The molecule has 2 nitrogen and oxygen atoms in total. The molecule has 100 valence electrons. The summed E-state index contributed by atoms with van der Waals surface area (Å²) in [5, 5.41) is 10.1. The van der Waals surface area contributed by atoms with Crippen molar-refractivity contribution in [1.29, 1.82) is 0 Å². The Bertz CT molecular complexity index is 555. The minimum atomic E-state index is -0.868. The van der Waals surface area contributed by atoms with Crippen LogP contribution in [0.15, 0.2) is 46.9 Å². The zero-order valence-electron chi connectivity index (χ0n) is 10.4. The lowest BCUT2D eigenvalue weighted by atomic mass is 10.0. The average molecular weight is 325 g/mol. The second kappa shape index (κ2) is 6.17. The van der Waals surface area contributed by atoms with Crippen molar-refractivity contribution in [2.75, 3.05) is 7.11 Å². The first-order chi connectivity index (χ1) is 9.10. The maximum Gasteiger partial charge on any atom is 0.132 e. The third kappa shape index (κ3) is 3.55. The van der Waals surface area contributed by atoms with Gasteiger partial charge in [0.25, 0.3) is 0 Å². The van der Waals surface area contributed by atoms with E-state index in [-0.39, 0.29) is 5.56 Å². The van der Waals surface area contributed by atoms with Gasteiger partial charge in [-0.25, -0.2) is 4.39 Å². The number of halogens is 2. The zero-order valence-corrected chi connectivity index (χ0v) is 12.0. The summed E-state index contributed by atoms with van der Waals surface area (Å²) >= 11 is 3.35. The molecule has 0 bridgehead atoms. The predicted molar refractivity (Wildman–Crippen MR) is 75.8 cm³/mol. The molecule has 0 radical (unpaired) electrons. The van der Waals surface area contributed by atoms with Crippen LogP contribution in [0.4, 0.5) is 4.39 Å². The second-order valence-electron chi connectivity index (χ2n) is 4.23. The van der Waals surface area contributed by atoms with Crippen LogP contribution in [0, 0.1) is 5.82 Å². The minimum absolute atomic E-state index is 0.281. The number of aliphatic hydroxyl groups excluding tert-OH is 1. The van der Waals surface area contributed by atoms with Crippen LogP contribution >= 0.6 is 15.9 Å². The van der Waals surface area contributed by atoms with Crippen LogP contribution in [0.25, 0.3) is 0 Å². The Labute approximate surface area is 120 Å². The van der Waals surface area contributed by atoms with Crippen molar-refractivity contribution in [2.45, 2.75) is 12.5 Å². The zero-order chi connectivity index (χ0) is 13.8. The molecular formula is C15H14BrFO2. The highest BCUT2D eigenvalue weighted by Crippen LogP contribution is 2.25. The second-order valence-corrected chi connectivity index (χ2v) is 5.15. The van der Waals surface area contributed by atoms with Crippen LogP contribution in [0.1, 0.15) is 17.2 Å². The number of rotatable bonds is 4. The Balaban J connectivity index is 2.15. The Hall–Kier alpha value is -1.39. The number of methoxy groups -OCH3 is 1. The molecular weight excluding hydrogens is 311 g/mol. The molecule has 4 heteroatoms. The fourth-order valence-corrected chi connectivity index (χ4v) is 2.12. The highest BCUT2D eigenvalue weighted by molar-refractivity contribution is 9.10. The normalized spacial score (nSPS) is 12.2. The molecule has 2 rings (SSSR count). The highest BCUT2D eigenvalue weighted by Gasteiger charge is 2.14. The maximum absolute atomic E-state index is 13.8. The summed E-state index contributed by atoms with van der Waals surface area (Å²) in [5.74, 6) is -0.0129. The van der Waals surface area contributed by atoms with Gasteiger partial charge in [0.05, 0.1) is 13.2 Å². The van der Waals surface area contributed by atoms with Crippen molar-refractivity contribution in [3.63, 3.8) is 0 Å². The van der Waals surface area contributed by atoms with Gasteiger partial charge in [0.1, 0.15) is 11.6 Å². The lowest BCUT2D eigenvalue weighted by Gasteiger charge is -2.13. The van der Waals surface area contributed by atoms with Crippen molar-refractivity contribution in [1.82, 2.24) is 0 Å². The summed E-state index contributed by atoms with van der Waals surface area (Å²) in [6.07, 6.45) is -0.497. The standard InChI is InChI=1S/C15H14BrFO2/c1-19-12-6-7-13(14(17)9-12)15(18)8-10-2-4-11(16)5-3-10/h2-7,9,15,18H,8H2,1H3. The van der Waals surface area contributed by atoms with E-state index in [4.69, 9.17) is 4.74 Å². The number of hydrogen-bond donors (Lipinski definition) is 1. The van der Waals surface area contributed by atoms with E-state index in [1.165, 1.54) is 13.2 Å². The minimum Gasteiger partial charge on any atom is -0.497 e. The van der Waals surface area contributed by atoms with Gasteiger partial charge in [0, 0.05) is 22.5 Å². The highest BCUT2D eigenvalue weighted by atomic mass is 79.9.